The van der Waals surface area contributed by atoms with Gasteiger partial charge in [-0.25, -0.2) is 9.13 Å². The quantitative estimate of drug-likeness (QED) is 0.0146. The smallest absolute Gasteiger partial charge is 0.463 e. The number of aliphatic hydroxyl groups is 2. The Bertz CT molecular complexity index is 2150. The van der Waals surface area contributed by atoms with Crippen LogP contribution in [-0.4, -0.2) is 95.9 Å². The number of aliphatic hydroxyl groups excluding tert-OH is 2. The molecule has 4 N–H and O–H groups in total. The van der Waals surface area contributed by atoms with E-state index in [0.717, 1.165) is 141 Å². The largest absolute Gasteiger partial charge is 0.472 e. The fourth-order valence-corrected chi connectivity index (χ4v) is 12.0. The van der Waals surface area contributed by atoms with Crippen LogP contribution in [0, 0.1) is 0 Å². The Kier molecular flexibility index (Phi) is 69.6. The Morgan fingerprint density at radius 2 is 0.546 bits per heavy atom. The van der Waals surface area contributed by atoms with Crippen LogP contribution in [0.3, 0.4) is 0 Å². The number of unbranched alkanes of at least 4 members (excludes halogenated alkanes) is 34. The van der Waals surface area contributed by atoms with Crippen molar-refractivity contribution in [1.82, 2.24) is 0 Å². The topological polar surface area (TPSA) is 231 Å². The van der Waals surface area contributed by atoms with Gasteiger partial charge in [-0.1, -0.05) is 304 Å². The maximum Gasteiger partial charge on any atom is 0.472 e. The zero-order valence-electron chi connectivity index (χ0n) is 61.2. The molecule has 5 atom stereocenters. The molecular formula is C79H140O16P2. The lowest BCUT2D eigenvalue weighted by atomic mass is 10.0. The van der Waals surface area contributed by atoms with Crippen LogP contribution in [0.25, 0.3) is 0 Å². The lowest BCUT2D eigenvalue weighted by molar-refractivity contribution is -0.161. The van der Waals surface area contributed by atoms with Gasteiger partial charge in [0, 0.05) is 19.3 Å². The summed E-state index contributed by atoms with van der Waals surface area (Å²) >= 11 is 0. The van der Waals surface area contributed by atoms with E-state index in [4.69, 9.17) is 32.3 Å². The molecule has 0 bridgehead atoms. The van der Waals surface area contributed by atoms with Crippen LogP contribution in [-0.2, 0) is 55.8 Å². The average Bonchev–Trinajstić information content (AvgIpc) is 1.64. The molecule has 0 heterocycles. The van der Waals surface area contributed by atoms with Crippen molar-refractivity contribution in [2.24, 2.45) is 0 Å². The zero-order chi connectivity index (χ0) is 70.9. The average molecular weight is 1410 g/mol. The van der Waals surface area contributed by atoms with Gasteiger partial charge < -0.3 is 34.2 Å². The van der Waals surface area contributed by atoms with Crippen molar-refractivity contribution in [1.29, 1.82) is 0 Å². The second-order valence-electron chi connectivity index (χ2n) is 25.8. The standard InChI is InChI=1S/C79H140O16P2/c1-4-7-10-13-16-19-22-25-27-29-31-32-33-34-35-36-37-38-39-40-42-44-45-48-50-53-56-59-62-65-77(82)89-68-74(80)69-91-96(85,86)92-70-75(81)71-93-97(87,88)94-73-76(95-79(84)67-64-61-58-55-52-47-24-21-18-15-12-9-6-3)72-90-78(83)66-63-60-57-54-51-49-46-43-41-30-28-26-23-20-17-14-11-8-5-2/h7,10,16-17,19-20,25-28,31-32,34-35,41,43,74-76,80-81H,4-6,8-9,11-15,18,21-24,29-30,33,36-40,42,44-73H2,1-3H3,(H,85,86)(H,87,88)/b10-7-,19-16-,20-17-,27-25-,28-26-,32-31-,35-34-,43-41-. The van der Waals surface area contributed by atoms with Gasteiger partial charge in [-0.2, -0.15) is 0 Å². The van der Waals surface area contributed by atoms with Gasteiger partial charge >= 0.3 is 33.6 Å². The zero-order valence-corrected chi connectivity index (χ0v) is 63.0. The Balaban J connectivity index is 4.47. The van der Waals surface area contributed by atoms with E-state index >= 15 is 0 Å². The van der Waals surface area contributed by atoms with Crippen molar-refractivity contribution in [3.8, 4) is 0 Å². The number of allylic oxidation sites excluding steroid dienone is 16. The Morgan fingerprint density at radius 3 is 0.887 bits per heavy atom. The first kappa shape index (κ1) is 93.5. The number of phosphoric ester groups is 2. The number of phosphoric acid groups is 2. The Hall–Kier alpha value is -3.53. The van der Waals surface area contributed by atoms with Gasteiger partial charge in [-0.3, -0.25) is 32.5 Å². The third-order valence-electron chi connectivity index (χ3n) is 16.3. The molecule has 0 aromatic heterocycles. The second kappa shape index (κ2) is 72.3. The summed E-state index contributed by atoms with van der Waals surface area (Å²) in [6.07, 6.45) is 81.7. The molecule has 0 saturated carbocycles. The summed E-state index contributed by atoms with van der Waals surface area (Å²) in [7, 11) is -9.78. The van der Waals surface area contributed by atoms with E-state index < -0.39 is 91.5 Å². The lowest BCUT2D eigenvalue weighted by Gasteiger charge is -2.21. The number of hydrogen-bond donors (Lipinski definition) is 4. The van der Waals surface area contributed by atoms with Crippen LogP contribution in [0.1, 0.15) is 329 Å². The summed E-state index contributed by atoms with van der Waals surface area (Å²) in [5.74, 6) is -1.58. The number of carbonyl (C=O) groups is 3. The van der Waals surface area contributed by atoms with E-state index in [2.05, 4.69) is 118 Å². The molecular weight excluding hydrogens is 1270 g/mol. The van der Waals surface area contributed by atoms with E-state index in [1.807, 2.05) is 0 Å². The molecule has 97 heavy (non-hydrogen) atoms. The minimum Gasteiger partial charge on any atom is -0.463 e. The van der Waals surface area contributed by atoms with E-state index in [1.165, 1.54) is 128 Å². The summed E-state index contributed by atoms with van der Waals surface area (Å²) < 4.78 is 61.1. The van der Waals surface area contributed by atoms with Gasteiger partial charge in [0.1, 0.15) is 25.4 Å². The van der Waals surface area contributed by atoms with E-state index in [1.54, 1.807) is 0 Å². The van der Waals surface area contributed by atoms with Crippen LogP contribution in [0.4, 0.5) is 0 Å². The highest BCUT2D eigenvalue weighted by Crippen LogP contribution is 2.45. The van der Waals surface area contributed by atoms with Crippen molar-refractivity contribution in [2.75, 3.05) is 39.6 Å². The van der Waals surface area contributed by atoms with Gasteiger partial charge in [0.2, 0.25) is 0 Å². The Labute approximate surface area is 590 Å². The molecule has 16 nitrogen and oxygen atoms in total. The molecule has 0 amide bonds. The van der Waals surface area contributed by atoms with Gasteiger partial charge in [0.25, 0.3) is 0 Å². The van der Waals surface area contributed by atoms with Crippen LogP contribution < -0.4 is 0 Å². The second-order valence-corrected chi connectivity index (χ2v) is 28.7. The highest BCUT2D eigenvalue weighted by Gasteiger charge is 2.29. The number of ether oxygens (including phenoxy) is 3. The third kappa shape index (κ3) is 73.5. The first-order valence-corrected chi connectivity index (χ1v) is 41.5. The monoisotopic (exact) mass is 1410 g/mol. The summed E-state index contributed by atoms with van der Waals surface area (Å²) in [5, 5.41) is 20.6. The van der Waals surface area contributed by atoms with Crippen LogP contribution >= 0.6 is 15.6 Å². The summed E-state index contributed by atoms with van der Waals surface area (Å²) in [4.78, 5) is 58.5. The minimum atomic E-state index is -4.93. The molecule has 0 spiro atoms. The fourth-order valence-electron chi connectivity index (χ4n) is 10.4. The normalized spacial score (nSPS) is 14.6. The van der Waals surface area contributed by atoms with Crippen LogP contribution in [0.2, 0.25) is 0 Å². The minimum absolute atomic E-state index is 0.105. The van der Waals surface area contributed by atoms with Crippen LogP contribution in [0.5, 0.6) is 0 Å². The van der Waals surface area contributed by atoms with Gasteiger partial charge in [-0.05, 0) is 103 Å². The maximum absolute atomic E-state index is 12.9. The molecule has 18 heteroatoms. The van der Waals surface area contributed by atoms with Crippen molar-refractivity contribution < 1.29 is 75.8 Å². The maximum atomic E-state index is 12.9. The molecule has 0 aliphatic heterocycles. The highest BCUT2D eigenvalue weighted by molar-refractivity contribution is 7.47. The van der Waals surface area contributed by atoms with E-state index in [-0.39, 0.29) is 19.3 Å². The molecule has 0 rings (SSSR count). The summed E-state index contributed by atoms with van der Waals surface area (Å²) in [6, 6.07) is 0. The van der Waals surface area contributed by atoms with Gasteiger partial charge in [0.05, 0.1) is 26.4 Å². The molecule has 0 aromatic carbocycles. The first-order chi connectivity index (χ1) is 47.2. The summed E-state index contributed by atoms with van der Waals surface area (Å²) in [6.45, 7) is 2.55. The number of hydrogen-bond acceptors (Lipinski definition) is 14. The van der Waals surface area contributed by atoms with E-state index in [9.17, 15) is 43.5 Å². The molecule has 0 aliphatic rings. The molecule has 0 aliphatic carbocycles. The van der Waals surface area contributed by atoms with Crippen molar-refractivity contribution in [2.45, 2.75) is 347 Å². The molecule has 5 unspecified atom stereocenters. The number of rotatable bonds is 73. The molecule has 0 saturated heterocycles. The van der Waals surface area contributed by atoms with Crippen molar-refractivity contribution in [3.05, 3.63) is 97.2 Å². The number of carbonyl (C=O) groups excluding carboxylic acids is 3. The predicted octanol–water partition coefficient (Wildman–Crippen LogP) is 22.2. The molecule has 562 valence electrons. The van der Waals surface area contributed by atoms with Crippen molar-refractivity contribution >= 4 is 33.6 Å². The third-order valence-corrected chi connectivity index (χ3v) is 18.2. The summed E-state index contributed by atoms with van der Waals surface area (Å²) in [5.41, 5.74) is 0. The van der Waals surface area contributed by atoms with Gasteiger partial charge in [0.15, 0.2) is 6.10 Å². The highest BCUT2D eigenvalue weighted by atomic mass is 31.2. The predicted molar refractivity (Wildman–Crippen MR) is 399 cm³/mol. The van der Waals surface area contributed by atoms with E-state index in [0.29, 0.717) is 19.3 Å². The fraction of sp³-hybridized carbons (Fsp3) is 0.759. The lowest BCUT2D eigenvalue weighted by Crippen LogP contribution is -2.30. The first-order valence-electron chi connectivity index (χ1n) is 38.5. The Morgan fingerprint density at radius 1 is 0.299 bits per heavy atom. The molecule has 0 radical (unpaired) electrons. The molecule has 0 fully saturated rings. The van der Waals surface area contributed by atoms with Gasteiger partial charge in [-0.15, -0.1) is 0 Å². The number of esters is 3. The SMILES string of the molecule is CC/C=C\C/C=C\C/C=C\C/C=C\C/C=C\CCCCCCCCCCCCCCCC(=O)OCC(O)COP(=O)(O)OCC(O)COP(=O)(O)OCC(COC(=O)CCCCCCCC/C=C\C/C=C\C/C=C\CCCCC)OC(=O)CCCCCCCCCCCCCCC. The van der Waals surface area contributed by atoms with Crippen molar-refractivity contribution in [3.63, 3.8) is 0 Å². The van der Waals surface area contributed by atoms with Crippen LogP contribution in [0.15, 0.2) is 97.2 Å². The molecule has 0 aromatic rings.